The molecule has 0 radical (unpaired) electrons. The smallest absolute Gasteiger partial charge is 0.260 e. The van der Waals surface area contributed by atoms with Crippen molar-refractivity contribution in [3.8, 4) is 0 Å². The Kier molecular flexibility index (Phi) is 2.47. The molecule has 1 aliphatic rings. The highest BCUT2D eigenvalue weighted by Gasteiger charge is 2.36. The van der Waals surface area contributed by atoms with Crippen molar-refractivity contribution in [1.82, 2.24) is 5.32 Å². The third-order valence-corrected chi connectivity index (χ3v) is 2.29. The monoisotopic (exact) mass is 163 g/mol. The molecule has 11 heavy (non-hydrogen) atoms. The average Bonchev–Trinajstić information content (AvgIpc) is 1.85. The van der Waals surface area contributed by atoms with Gasteiger partial charge in [-0.05, 0) is 18.4 Å². The third kappa shape index (κ3) is 2.40. The van der Waals surface area contributed by atoms with Crippen molar-refractivity contribution in [2.24, 2.45) is 11.8 Å². The van der Waals surface area contributed by atoms with Gasteiger partial charge in [-0.1, -0.05) is 13.8 Å². The Morgan fingerprint density at radius 1 is 1.45 bits per heavy atom. The van der Waals surface area contributed by atoms with E-state index in [2.05, 4.69) is 5.32 Å². The second-order valence-corrected chi connectivity index (χ2v) is 3.70. The molecule has 1 heterocycles. The van der Waals surface area contributed by atoms with E-state index in [-0.39, 0.29) is 18.9 Å². The summed E-state index contributed by atoms with van der Waals surface area (Å²) >= 11 is 0. The highest BCUT2D eigenvalue weighted by Crippen LogP contribution is 2.29. The van der Waals surface area contributed by atoms with Crippen LogP contribution in [0.2, 0.25) is 0 Å². The van der Waals surface area contributed by atoms with Crippen LogP contribution in [-0.2, 0) is 0 Å². The molecule has 1 rings (SSSR count). The zero-order chi connectivity index (χ0) is 8.48. The summed E-state index contributed by atoms with van der Waals surface area (Å²) in [6.45, 7) is 4.59. The van der Waals surface area contributed by atoms with E-state index in [9.17, 15) is 8.78 Å². The van der Waals surface area contributed by atoms with E-state index in [1.165, 1.54) is 0 Å². The van der Waals surface area contributed by atoms with E-state index in [1.54, 1.807) is 0 Å². The Bertz CT molecular complexity index is 134. The minimum atomic E-state index is -2.48. The summed E-state index contributed by atoms with van der Waals surface area (Å²) in [7, 11) is 0. The Hall–Kier alpha value is -0.180. The molecule has 0 spiro atoms. The number of rotatable bonds is 1. The lowest BCUT2D eigenvalue weighted by Gasteiger charge is -2.31. The largest absolute Gasteiger partial charge is 0.311 e. The van der Waals surface area contributed by atoms with E-state index in [4.69, 9.17) is 0 Å². The number of nitrogens with one attached hydrogen (secondary N) is 1. The van der Waals surface area contributed by atoms with Crippen molar-refractivity contribution >= 4 is 0 Å². The molecule has 0 aromatic rings. The summed E-state index contributed by atoms with van der Waals surface area (Å²) in [4.78, 5) is 0. The molecule has 1 nitrogen and oxygen atoms in total. The summed E-state index contributed by atoms with van der Waals surface area (Å²) < 4.78 is 25.5. The molecule has 0 saturated carbocycles. The minimum absolute atomic E-state index is 0.0532. The lowest BCUT2D eigenvalue weighted by atomic mass is 9.87. The predicted molar refractivity (Wildman–Crippen MR) is 40.8 cm³/mol. The van der Waals surface area contributed by atoms with Crippen LogP contribution in [0.3, 0.4) is 0 Å². The highest BCUT2D eigenvalue weighted by atomic mass is 19.3. The second-order valence-electron chi connectivity index (χ2n) is 3.70. The van der Waals surface area contributed by atoms with Gasteiger partial charge in [0.05, 0.1) is 6.54 Å². The van der Waals surface area contributed by atoms with Crippen molar-refractivity contribution in [2.75, 3.05) is 13.1 Å². The van der Waals surface area contributed by atoms with Crippen LogP contribution in [0.4, 0.5) is 8.78 Å². The first-order valence-electron chi connectivity index (χ1n) is 4.10. The van der Waals surface area contributed by atoms with E-state index in [0.717, 1.165) is 6.54 Å². The van der Waals surface area contributed by atoms with Crippen LogP contribution in [0, 0.1) is 11.8 Å². The van der Waals surface area contributed by atoms with Crippen molar-refractivity contribution in [1.29, 1.82) is 0 Å². The van der Waals surface area contributed by atoms with E-state index in [1.807, 2.05) is 13.8 Å². The van der Waals surface area contributed by atoms with Crippen LogP contribution < -0.4 is 5.32 Å². The topological polar surface area (TPSA) is 12.0 Å². The fourth-order valence-electron chi connectivity index (χ4n) is 1.44. The van der Waals surface area contributed by atoms with Crippen molar-refractivity contribution in [3.63, 3.8) is 0 Å². The van der Waals surface area contributed by atoms with Crippen LogP contribution in [-0.4, -0.2) is 19.0 Å². The average molecular weight is 163 g/mol. The van der Waals surface area contributed by atoms with Gasteiger partial charge in [-0.2, -0.15) is 0 Å². The molecule has 0 amide bonds. The molecule has 0 aromatic heterocycles. The minimum Gasteiger partial charge on any atom is -0.311 e. The van der Waals surface area contributed by atoms with Gasteiger partial charge < -0.3 is 5.32 Å². The SMILES string of the molecule is CC(C)C1CNCC(F)(F)C1. The molecular formula is C8H15F2N. The summed E-state index contributed by atoms with van der Waals surface area (Å²) in [6.07, 6.45) is 0.0532. The first-order chi connectivity index (χ1) is 5.01. The van der Waals surface area contributed by atoms with Gasteiger partial charge in [-0.3, -0.25) is 0 Å². The molecular weight excluding hydrogens is 148 g/mol. The maximum Gasteiger partial charge on any atom is 0.260 e. The van der Waals surface area contributed by atoms with E-state index in [0.29, 0.717) is 5.92 Å². The van der Waals surface area contributed by atoms with Gasteiger partial charge in [0.2, 0.25) is 0 Å². The number of hydrogen-bond donors (Lipinski definition) is 1. The Morgan fingerprint density at radius 3 is 2.45 bits per heavy atom. The van der Waals surface area contributed by atoms with Crippen LogP contribution in [0.1, 0.15) is 20.3 Å². The first-order valence-corrected chi connectivity index (χ1v) is 4.10. The zero-order valence-corrected chi connectivity index (χ0v) is 7.03. The molecule has 0 bridgehead atoms. The first kappa shape index (κ1) is 8.91. The van der Waals surface area contributed by atoms with Gasteiger partial charge in [0, 0.05) is 6.42 Å². The summed E-state index contributed by atoms with van der Waals surface area (Å²) in [6, 6.07) is 0. The fraction of sp³-hybridized carbons (Fsp3) is 1.00. The highest BCUT2D eigenvalue weighted by molar-refractivity contribution is 4.82. The molecule has 1 saturated heterocycles. The fourth-order valence-corrected chi connectivity index (χ4v) is 1.44. The van der Waals surface area contributed by atoms with Crippen molar-refractivity contribution in [3.05, 3.63) is 0 Å². The number of alkyl halides is 2. The standard InChI is InChI=1S/C8H15F2N/c1-6(2)7-3-8(9,10)5-11-4-7/h6-7,11H,3-5H2,1-2H3. The second kappa shape index (κ2) is 3.05. The summed E-state index contributed by atoms with van der Waals surface area (Å²) in [5, 5.41) is 2.76. The molecule has 1 fully saturated rings. The quantitative estimate of drug-likeness (QED) is 0.622. The van der Waals surface area contributed by atoms with Gasteiger partial charge in [-0.15, -0.1) is 0 Å². The van der Waals surface area contributed by atoms with E-state index >= 15 is 0 Å². The Morgan fingerprint density at radius 2 is 2.09 bits per heavy atom. The van der Waals surface area contributed by atoms with Crippen molar-refractivity contribution < 1.29 is 8.78 Å². The summed E-state index contributed by atoms with van der Waals surface area (Å²) in [5.74, 6) is -1.99. The third-order valence-electron chi connectivity index (χ3n) is 2.29. The van der Waals surface area contributed by atoms with Gasteiger partial charge in [0.25, 0.3) is 5.92 Å². The maximum absolute atomic E-state index is 12.8. The predicted octanol–water partition coefficient (Wildman–Crippen LogP) is 1.89. The van der Waals surface area contributed by atoms with E-state index < -0.39 is 5.92 Å². The zero-order valence-electron chi connectivity index (χ0n) is 7.03. The Balaban J connectivity index is 2.46. The van der Waals surface area contributed by atoms with Gasteiger partial charge in [0.1, 0.15) is 0 Å². The lowest BCUT2D eigenvalue weighted by Crippen LogP contribution is -2.45. The molecule has 1 atom stereocenters. The maximum atomic E-state index is 12.8. The normalized spacial score (nSPS) is 30.8. The molecule has 1 unspecified atom stereocenters. The number of hydrogen-bond acceptors (Lipinski definition) is 1. The van der Waals surface area contributed by atoms with Crippen LogP contribution in [0.5, 0.6) is 0 Å². The van der Waals surface area contributed by atoms with Crippen LogP contribution >= 0.6 is 0 Å². The molecule has 0 aliphatic carbocycles. The van der Waals surface area contributed by atoms with Gasteiger partial charge in [0.15, 0.2) is 0 Å². The Labute approximate surface area is 66.2 Å². The molecule has 3 heteroatoms. The van der Waals surface area contributed by atoms with Gasteiger partial charge >= 0.3 is 0 Å². The lowest BCUT2D eigenvalue weighted by molar-refractivity contribution is -0.0463. The summed E-state index contributed by atoms with van der Waals surface area (Å²) in [5.41, 5.74) is 0. The van der Waals surface area contributed by atoms with Crippen LogP contribution in [0.15, 0.2) is 0 Å². The molecule has 1 N–H and O–H groups in total. The number of halogens is 2. The van der Waals surface area contributed by atoms with Crippen LogP contribution in [0.25, 0.3) is 0 Å². The van der Waals surface area contributed by atoms with Crippen molar-refractivity contribution in [2.45, 2.75) is 26.2 Å². The molecule has 1 aliphatic heterocycles. The molecule has 66 valence electrons. The number of piperidine rings is 1. The molecule has 0 aromatic carbocycles. The van der Waals surface area contributed by atoms with Gasteiger partial charge in [-0.25, -0.2) is 8.78 Å².